The molecule has 0 N–H and O–H groups in total. The highest BCUT2D eigenvalue weighted by Crippen LogP contribution is 2.20. The van der Waals surface area contributed by atoms with E-state index in [0.29, 0.717) is 0 Å². The fourth-order valence-electron chi connectivity index (χ4n) is 2.42. The monoisotopic (exact) mass is 278 g/mol. The molecule has 0 aliphatic rings. The van der Waals surface area contributed by atoms with Crippen LogP contribution in [-0.2, 0) is 12.8 Å². The van der Waals surface area contributed by atoms with Crippen LogP contribution in [0.15, 0.2) is 72.1 Å². The molecule has 0 atom stereocenters. The molecule has 0 fully saturated rings. The van der Waals surface area contributed by atoms with E-state index in [1.54, 1.807) is 0 Å². The van der Waals surface area contributed by atoms with E-state index < -0.39 is 0 Å². The van der Waals surface area contributed by atoms with E-state index in [2.05, 4.69) is 72.1 Å². The van der Waals surface area contributed by atoms with Gasteiger partial charge in [0, 0.05) is 4.88 Å². The van der Waals surface area contributed by atoms with Crippen molar-refractivity contribution < 1.29 is 0 Å². The van der Waals surface area contributed by atoms with E-state index >= 15 is 0 Å². The van der Waals surface area contributed by atoms with E-state index in [-0.39, 0.29) is 0 Å². The normalized spacial score (nSPS) is 10.6. The van der Waals surface area contributed by atoms with Crippen LogP contribution >= 0.6 is 11.3 Å². The SMILES string of the molecule is c1ccc(-c2ccc(CCCc3cccs3)cc2)cc1. The van der Waals surface area contributed by atoms with Gasteiger partial charge < -0.3 is 0 Å². The van der Waals surface area contributed by atoms with Crippen molar-refractivity contribution in [3.8, 4) is 11.1 Å². The van der Waals surface area contributed by atoms with Gasteiger partial charge in [-0.15, -0.1) is 11.3 Å². The van der Waals surface area contributed by atoms with Gasteiger partial charge in [-0.3, -0.25) is 0 Å². The Kier molecular flexibility index (Phi) is 4.29. The van der Waals surface area contributed by atoms with Crippen LogP contribution in [0.2, 0.25) is 0 Å². The summed E-state index contributed by atoms with van der Waals surface area (Å²) in [4.78, 5) is 1.49. The van der Waals surface area contributed by atoms with E-state index in [9.17, 15) is 0 Å². The average molecular weight is 278 g/mol. The highest BCUT2D eigenvalue weighted by Gasteiger charge is 1.99. The maximum Gasteiger partial charge on any atom is 0.00453 e. The second-order valence-corrected chi connectivity index (χ2v) is 6.03. The van der Waals surface area contributed by atoms with Gasteiger partial charge in [-0.1, -0.05) is 60.7 Å². The first-order valence-corrected chi connectivity index (χ1v) is 7.96. The van der Waals surface area contributed by atoms with Gasteiger partial charge in [-0.2, -0.15) is 0 Å². The molecule has 0 unspecified atom stereocenters. The first-order valence-electron chi connectivity index (χ1n) is 7.08. The quantitative estimate of drug-likeness (QED) is 0.570. The standard InChI is InChI=1S/C19H18S/c1-2-7-17(8-3-1)18-13-11-16(12-14-18)6-4-9-19-10-5-15-20-19/h1-3,5,7-8,10-15H,4,6,9H2. The van der Waals surface area contributed by atoms with Crippen molar-refractivity contribution in [2.24, 2.45) is 0 Å². The third-order valence-corrected chi connectivity index (χ3v) is 4.47. The molecule has 1 aromatic heterocycles. The highest BCUT2D eigenvalue weighted by molar-refractivity contribution is 7.09. The molecule has 0 saturated heterocycles. The zero-order chi connectivity index (χ0) is 13.6. The maximum absolute atomic E-state index is 2.26. The van der Waals surface area contributed by atoms with Gasteiger partial charge in [-0.05, 0) is 47.4 Å². The van der Waals surface area contributed by atoms with E-state index in [0.717, 1.165) is 6.42 Å². The predicted octanol–water partition coefficient (Wildman–Crippen LogP) is 5.59. The summed E-state index contributed by atoms with van der Waals surface area (Å²) in [6.07, 6.45) is 3.58. The van der Waals surface area contributed by atoms with Gasteiger partial charge in [-0.25, -0.2) is 0 Å². The van der Waals surface area contributed by atoms with E-state index in [1.807, 2.05) is 11.3 Å². The van der Waals surface area contributed by atoms with E-state index in [4.69, 9.17) is 0 Å². The number of rotatable bonds is 5. The van der Waals surface area contributed by atoms with Gasteiger partial charge >= 0.3 is 0 Å². The molecule has 20 heavy (non-hydrogen) atoms. The molecule has 0 radical (unpaired) electrons. The Labute approximate surface area is 124 Å². The fraction of sp³-hybridized carbons (Fsp3) is 0.158. The third kappa shape index (κ3) is 3.37. The molecule has 2 aromatic carbocycles. The topological polar surface area (TPSA) is 0 Å². The van der Waals surface area contributed by atoms with Crippen molar-refractivity contribution in [3.63, 3.8) is 0 Å². The first kappa shape index (κ1) is 13.1. The second-order valence-electron chi connectivity index (χ2n) is 5.00. The summed E-state index contributed by atoms with van der Waals surface area (Å²) in [7, 11) is 0. The lowest BCUT2D eigenvalue weighted by Crippen LogP contribution is -1.88. The van der Waals surface area contributed by atoms with E-state index in [1.165, 1.54) is 34.4 Å². The molecule has 1 heterocycles. The minimum absolute atomic E-state index is 1.16. The Morgan fingerprint density at radius 1 is 0.650 bits per heavy atom. The molecule has 0 aliphatic heterocycles. The molecule has 100 valence electrons. The van der Waals surface area contributed by atoms with Crippen LogP contribution in [0.5, 0.6) is 0 Å². The molecule has 0 nitrogen and oxygen atoms in total. The maximum atomic E-state index is 2.26. The fourth-order valence-corrected chi connectivity index (χ4v) is 3.17. The Bertz CT molecular complexity index is 621. The largest absolute Gasteiger partial charge is 0.149 e. The van der Waals surface area contributed by atoms with Crippen molar-refractivity contribution in [1.29, 1.82) is 0 Å². The summed E-state index contributed by atoms with van der Waals surface area (Å²) in [6.45, 7) is 0. The predicted molar refractivity (Wildman–Crippen MR) is 88.2 cm³/mol. The molecule has 0 amide bonds. The highest BCUT2D eigenvalue weighted by atomic mass is 32.1. The van der Waals surface area contributed by atoms with Crippen LogP contribution in [0.4, 0.5) is 0 Å². The number of aryl methyl sites for hydroxylation is 2. The van der Waals surface area contributed by atoms with Crippen molar-refractivity contribution in [2.75, 3.05) is 0 Å². The third-order valence-electron chi connectivity index (χ3n) is 3.53. The number of thiophene rings is 1. The Hall–Kier alpha value is -1.86. The molecule has 0 aliphatic carbocycles. The van der Waals surface area contributed by atoms with Crippen LogP contribution in [0.3, 0.4) is 0 Å². The summed E-state index contributed by atoms with van der Waals surface area (Å²) in [5, 5.41) is 2.16. The van der Waals surface area contributed by atoms with Gasteiger partial charge in [0.2, 0.25) is 0 Å². The van der Waals surface area contributed by atoms with Crippen LogP contribution in [0, 0.1) is 0 Å². The molecular weight excluding hydrogens is 260 g/mol. The Morgan fingerprint density at radius 3 is 2.10 bits per heavy atom. The lowest BCUT2D eigenvalue weighted by Gasteiger charge is -2.04. The molecule has 3 aromatic rings. The molecule has 0 spiro atoms. The second kappa shape index (κ2) is 6.53. The lowest BCUT2D eigenvalue weighted by atomic mass is 10.0. The number of benzene rings is 2. The van der Waals surface area contributed by atoms with Crippen molar-refractivity contribution in [1.82, 2.24) is 0 Å². The van der Waals surface area contributed by atoms with Crippen LogP contribution < -0.4 is 0 Å². The average Bonchev–Trinajstić information content (AvgIpc) is 3.02. The van der Waals surface area contributed by atoms with Crippen LogP contribution in [-0.4, -0.2) is 0 Å². The molecule has 1 heteroatoms. The van der Waals surface area contributed by atoms with Crippen molar-refractivity contribution in [2.45, 2.75) is 19.3 Å². The molecule has 0 saturated carbocycles. The number of hydrogen-bond donors (Lipinski definition) is 0. The minimum atomic E-state index is 1.16. The minimum Gasteiger partial charge on any atom is -0.149 e. The first-order chi connectivity index (χ1) is 9.92. The van der Waals surface area contributed by atoms with Crippen molar-refractivity contribution in [3.05, 3.63) is 82.6 Å². The molecular formula is C19H18S. The van der Waals surface area contributed by atoms with Crippen LogP contribution in [0.25, 0.3) is 11.1 Å². The summed E-state index contributed by atoms with van der Waals surface area (Å²) >= 11 is 1.86. The summed E-state index contributed by atoms with van der Waals surface area (Å²) in [5.41, 5.74) is 4.02. The molecule has 3 rings (SSSR count). The summed E-state index contributed by atoms with van der Waals surface area (Å²) in [5.74, 6) is 0. The Balaban J connectivity index is 1.59. The lowest BCUT2D eigenvalue weighted by molar-refractivity contribution is 0.831. The zero-order valence-corrected chi connectivity index (χ0v) is 12.3. The van der Waals surface area contributed by atoms with Crippen molar-refractivity contribution >= 4 is 11.3 Å². The zero-order valence-electron chi connectivity index (χ0n) is 11.5. The van der Waals surface area contributed by atoms with Crippen LogP contribution in [0.1, 0.15) is 16.9 Å². The summed E-state index contributed by atoms with van der Waals surface area (Å²) in [6, 6.07) is 23.9. The van der Waals surface area contributed by atoms with Gasteiger partial charge in [0.25, 0.3) is 0 Å². The smallest absolute Gasteiger partial charge is 0.00453 e. The van der Waals surface area contributed by atoms with Gasteiger partial charge in [0.15, 0.2) is 0 Å². The molecule has 0 bridgehead atoms. The Morgan fingerprint density at radius 2 is 1.40 bits per heavy atom. The van der Waals surface area contributed by atoms with Gasteiger partial charge in [0.05, 0.1) is 0 Å². The summed E-state index contributed by atoms with van der Waals surface area (Å²) < 4.78 is 0. The van der Waals surface area contributed by atoms with Gasteiger partial charge in [0.1, 0.15) is 0 Å². The number of hydrogen-bond acceptors (Lipinski definition) is 1.